The normalized spacial score (nSPS) is 16.0. The zero-order valence-corrected chi connectivity index (χ0v) is 15.2. The molecular formula is C19H18FN3O3S. The number of halogens is 1. The van der Waals surface area contributed by atoms with Gasteiger partial charge < -0.3 is 9.88 Å². The molecule has 8 heteroatoms. The average molecular weight is 387 g/mol. The first-order chi connectivity index (χ1) is 12.9. The molecule has 140 valence electrons. The minimum atomic E-state index is -3.77. The number of nitrogens with zero attached hydrogens (tertiary/aromatic N) is 2. The van der Waals surface area contributed by atoms with Crippen molar-refractivity contribution in [2.24, 2.45) is 0 Å². The molecule has 1 aliphatic rings. The molecule has 0 bridgehead atoms. The van der Waals surface area contributed by atoms with Crippen molar-refractivity contribution in [2.75, 3.05) is 26.2 Å². The van der Waals surface area contributed by atoms with Gasteiger partial charge in [0.15, 0.2) is 0 Å². The second-order valence-electron chi connectivity index (χ2n) is 6.42. The highest BCUT2D eigenvalue weighted by Crippen LogP contribution is 2.20. The second kappa shape index (κ2) is 6.79. The Labute approximate surface area is 156 Å². The number of rotatable bonds is 3. The van der Waals surface area contributed by atoms with E-state index in [-0.39, 0.29) is 37.0 Å². The molecule has 0 radical (unpaired) electrons. The highest BCUT2D eigenvalue weighted by Gasteiger charge is 2.31. The molecule has 2 heterocycles. The molecule has 0 spiro atoms. The van der Waals surface area contributed by atoms with E-state index in [1.807, 2.05) is 24.3 Å². The van der Waals surface area contributed by atoms with Crippen molar-refractivity contribution in [1.29, 1.82) is 0 Å². The van der Waals surface area contributed by atoms with Crippen LogP contribution in [0.2, 0.25) is 0 Å². The highest BCUT2D eigenvalue weighted by atomic mass is 32.2. The van der Waals surface area contributed by atoms with Gasteiger partial charge in [0.25, 0.3) is 5.91 Å². The van der Waals surface area contributed by atoms with Crippen LogP contribution in [0.4, 0.5) is 4.39 Å². The molecule has 2 aromatic carbocycles. The molecule has 0 atom stereocenters. The summed E-state index contributed by atoms with van der Waals surface area (Å²) < 4.78 is 40.0. The number of hydrogen-bond acceptors (Lipinski definition) is 3. The van der Waals surface area contributed by atoms with Crippen LogP contribution >= 0.6 is 0 Å². The number of nitrogens with one attached hydrogen (secondary N) is 1. The third-order valence-corrected chi connectivity index (χ3v) is 6.61. The Kier molecular flexibility index (Phi) is 4.45. The van der Waals surface area contributed by atoms with Crippen molar-refractivity contribution < 1.29 is 17.6 Å². The Bertz CT molecular complexity index is 1070. The molecule has 0 unspecified atom stereocenters. The van der Waals surface area contributed by atoms with E-state index in [4.69, 9.17) is 0 Å². The van der Waals surface area contributed by atoms with E-state index in [1.54, 1.807) is 11.0 Å². The molecular weight excluding hydrogens is 369 g/mol. The van der Waals surface area contributed by atoms with Crippen LogP contribution < -0.4 is 0 Å². The quantitative estimate of drug-likeness (QED) is 0.750. The molecule has 1 aromatic heterocycles. The molecule has 4 rings (SSSR count). The lowest BCUT2D eigenvalue weighted by Gasteiger charge is -2.33. The third-order valence-electron chi connectivity index (χ3n) is 4.72. The standard InChI is InChI=1S/C19H18FN3O3S/c20-15-5-3-6-16(13-15)27(25,26)23-10-8-22(9-11-23)19(24)18-12-14-4-1-2-7-17(14)21-18/h1-7,12-13,21H,8-11H2. The van der Waals surface area contributed by atoms with Gasteiger partial charge in [0.2, 0.25) is 10.0 Å². The Balaban J connectivity index is 1.47. The van der Waals surface area contributed by atoms with Gasteiger partial charge in [-0.05, 0) is 30.3 Å². The van der Waals surface area contributed by atoms with E-state index in [9.17, 15) is 17.6 Å². The molecule has 1 N–H and O–H groups in total. The van der Waals surface area contributed by atoms with Gasteiger partial charge in [-0.3, -0.25) is 4.79 Å². The number of fused-ring (bicyclic) bond motifs is 1. The summed E-state index contributed by atoms with van der Waals surface area (Å²) in [6.07, 6.45) is 0. The van der Waals surface area contributed by atoms with E-state index >= 15 is 0 Å². The first kappa shape index (κ1) is 17.7. The van der Waals surface area contributed by atoms with Gasteiger partial charge in [-0.15, -0.1) is 0 Å². The smallest absolute Gasteiger partial charge is 0.270 e. The van der Waals surface area contributed by atoms with E-state index < -0.39 is 15.8 Å². The molecule has 0 saturated carbocycles. The zero-order valence-electron chi connectivity index (χ0n) is 14.4. The van der Waals surface area contributed by atoms with Crippen molar-refractivity contribution in [2.45, 2.75) is 4.90 Å². The van der Waals surface area contributed by atoms with Gasteiger partial charge in [0, 0.05) is 37.1 Å². The summed E-state index contributed by atoms with van der Waals surface area (Å²) in [4.78, 5) is 17.4. The van der Waals surface area contributed by atoms with E-state index in [0.717, 1.165) is 17.0 Å². The van der Waals surface area contributed by atoms with Crippen LogP contribution in [0, 0.1) is 5.82 Å². The summed E-state index contributed by atoms with van der Waals surface area (Å²) in [5.41, 5.74) is 1.37. The topological polar surface area (TPSA) is 73.5 Å². The number of H-pyrrole nitrogens is 1. The third kappa shape index (κ3) is 3.33. The predicted octanol–water partition coefficient (Wildman–Crippen LogP) is 2.45. The van der Waals surface area contributed by atoms with Gasteiger partial charge >= 0.3 is 0 Å². The number of piperazine rings is 1. The molecule has 0 aliphatic carbocycles. The number of carbonyl (C=O) groups excluding carboxylic acids is 1. The van der Waals surface area contributed by atoms with Gasteiger partial charge in [-0.2, -0.15) is 4.31 Å². The van der Waals surface area contributed by atoms with E-state index in [1.165, 1.54) is 22.5 Å². The number of amides is 1. The minimum absolute atomic E-state index is 0.0714. The maximum atomic E-state index is 13.4. The number of sulfonamides is 1. The number of benzene rings is 2. The first-order valence-corrected chi connectivity index (χ1v) is 10.0. The van der Waals surface area contributed by atoms with Crippen LogP contribution in [-0.2, 0) is 10.0 Å². The number of carbonyl (C=O) groups is 1. The number of para-hydroxylation sites is 1. The van der Waals surface area contributed by atoms with Crippen LogP contribution in [0.1, 0.15) is 10.5 Å². The lowest BCUT2D eigenvalue weighted by molar-refractivity contribution is 0.0693. The summed E-state index contributed by atoms with van der Waals surface area (Å²) >= 11 is 0. The predicted molar refractivity (Wildman–Crippen MR) is 99.4 cm³/mol. The second-order valence-corrected chi connectivity index (χ2v) is 8.36. The lowest BCUT2D eigenvalue weighted by Crippen LogP contribution is -2.50. The summed E-state index contributed by atoms with van der Waals surface area (Å²) in [7, 11) is -3.77. The fourth-order valence-electron chi connectivity index (χ4n) is 3.27. The summed E-state index contributed by atoms with van der Waals surface area (Å²) in [5.74, 6) is -0.752. The number of hydrogen-bond donors (Lipinski definition) is 1. The number of aromatic nitrogens is 1. The van der Waals surface area contributed by atoms with Gasteiger partial charge in [-0.25, -0.2) is 12.8 Å². The Morgan fingerprint density at radius 3 is 2.41 bits per heavy atom. The highest BCUT2D eigenvalue weighted by molar-refractivity contribution is 7.89. The van der Waals surface area contributed by atoms with Gasteiger partial charge in [-0.1, -0.05) is 24.3 Å². The van der Waals surface area contributed by atoms with Gasteiger partial charge in [0.05, 0.1) is 4.90 Å². The molecule has 6 nitrogen and oxygen atoms in total. The molecule has 3 aromatic rings. The monoisotopic (exact) mass is 387 g/mol. The van der Waals surface area contributed by atoms with E-state index in [2.05, 4.69) is 4.98 Å². The first-order valence-electron chi connectivity index (χ1n) is 8.58. The minimum Gasteiger partial charge on any atom is -0.351 e. The summed E-state index contributed by atoms with van der Waals surface area (Å²) in [6, 6.07) is 14.4. The van der Waals surface area contributed by atoms with Crippen LogP contribution in [0.25, 0.3) is 10.9 Å². The van der Waals surface area contributed by atoms with Gasteiger partial charge in [0.1, 0.15) is 11.5 Å². The Morgan fingerprint density at radius 2 is 1.70 bits per heavy atom. The average Bonchev–Trinajstić information content (AvgIpc) is 3.12. The van der Waals surface area contributed by atoms with E-state index in [0.29, 0.717) is 5.69 Å². The largest absolute Gasteiger partial charge is 0.351 e. The molecule has 1 saturated heterocycles. The molecule has 1 aliphatic heterocycles. The lowest BCUT2D eigenvalue weighted by atomic mass is 10.2. The summed E-state index contributed by atoms with van der Waals surface area (Å²) in [6.45, 7) is 0.904. The molecule has 1 fully saturated rings. The zero-order chi connectivity index (χ0) is 19.0. The SMILES string of the molecule is O=C(c1cc2ccccc2[nH]1)N1CCN(S(=O)(=O)c2cccc(F)c2)CC1. The molecule has 1 amide bonds. The maximum absolute atomic E-state index is 13.4. The Hall–Kier alpha value is -2.71. The fraction of sp³-hybridized carbons (Fsp3) is 0.211. The van der Waals surface area contributed by atoms with Crippen LogP contribution in [0.5, 0.6) is 0 Å². The van der Waals surface area contributed by atoms with Crippen molar-refractivity contribution in [3.63, 3.8) is 0 Å². The van der Waals surface area contributed by atoms with Crippen molar-refractivity contribution in [1.82, 2.24) is 14.2 Å². The van der Waals surface area contributed by atoms with Crippen LogP contribution in [-0.4, -0.2) is 54.7 Å². The van der Waals surface area contributed by atoms with Crippen LogP contribution in [0.15, 0.2) is 59.5 Å². The van der Waals surface area contributed by atoms with Crippen molar-refractivity contribution in [3.8, 4) is 0 Å². The number of aromatic amines is 1. The summed E-state index contributed by atoms with van der Waals surface area (Å²) in [5, 5.41) is 0.952. The van der Waals surface area contributed by atoms with Crippen molar-refractivity contribution in [3.05, 3.63) is 66.1 Å². The molecule has 27 heavy (non-hydrogen) atoms. The van der Waals surface area contributed by atoms with Crippen LogP contribution in [0.3, 0.4) is 0 Å². The fourth-order valence-corrected chi connectivity index (χ4v) is 4.72. The van der Waals surface area contributed by atoms with Crippen molar-refractivity contribution >= 4 is 26.8 Å². The Morgan fingerprint density at radius 1 is 0.963 bits per heavy atom. The maximum Gasteiger partial charge on any atom is 0.270 e.